The number of anilines is 1. The standard InChI is InChI=1S/C17H16Br2N2O2S/c1-23-14-10(18)6-8(7-11(14)19)15-20-16(22)13-9-4-2-3-5-12(9)24-17(13)21-15/h6-7,15,21H,2-5H2,1H3,(H,20,22)/t15-/m0/s1. The van der Waals surface area contributed by atoms with Crippen LogP contribution in [0.4, 0.5) is 5.00 Å². The quantitative estimate of drug-likeness (QED) is 0.646. The zero-order valence-corrected chi connectivity index (χ0v) is 17.0. The predicted octanol–water partition coefficient (Wildman–Crippen LogP) is 5.01. The highest BCUT2D eigenvalue weighted by molar-refractivity contribution is 9.11. The van der Waals surface area contributed by atoms with Gasteiger partial charge in [-0.3, -0.25) is 4.79 Å². The van der Waals surface area contributed by atoms with Crippen LogP contribution in [-0.4, -0.2) is 13.0 Å². The zero-order valence-electron chi connectivity index (χ0n) is 13.0. The van der Waals surface area contributed by atoms with E-state index in [1.54, 1.807) is 18.4 Å². The van der Waals surface area contributed by atoms with Crippen LogP contribution in [0.3, 0.4) is 0 Å². The van der Waals surface area contributed by atoms with E-state index in [1.807, 2.05) is 12.1 Å². The Morgan fingerprint density at radius 2 is 1.88 bits per heavy atom. The Balaban J connectivity index is 1.71. The van der Waals surface area contributed by atoms with Gasteiger partial charge in [-0.25, -0.2) is 0 Å². The van der Waals surface area contributed by atoms with E-state index < -0.39 is 0 Å². The number of carbonyl (C=O) groups excluding carboxylic acids is 1. The molecule has 2 heterocycles. The van der Waals surface area contributed by atoms with Gasteiger partial charge in [0.05, 0.1) is 21.6 Å². The predicted molar refractivity (Wildman–Crippen MR) is 103 cm³/mol. The number of hydrogen-bond acceptors (Lipinski definition) is 4. The first-order chi connectivity index (χ1) is 11.6. The molecule has 24 heavy (non-hydrogen) atoms. The van der Waals surface area contributed by atoms with Crippen molar-refractivity contribution >= 4 is 54.1 Å². The van der Waals surface area contributed by atoms with Crippen LogP contribution < -0.4 is 15.4 Å². The highest BCUT2D eigenvalue weighted by Gasteiger charge is 2.32. The minimum absolute atomic E-state index is 0.0243. The highest BCUT2D eigenvalue weighted by Crippen LogP contribution is 2.42. The third kappa shape index (κ3) is 2.66. The second-order valence-electron chi connectivity index (χ2n) is 5.98. The molecule has 0 bridgehead atoms. The lowest BCUT2D eigenvalue weighted by molar-refractivity contribution is 0.0935. The molecule has 1 atom stereocenters. The number of carbonyl (C=O) groups is 1. The van der Waals surface area contributed by atoms with Crippen LogP contribution >= 0.6 is 43.2 Å². The third-order valence-electron chi connectivity index (χ3n) is 4.51. The van der Waals surface area contributed by atoms with E-state index >= 15 is 0 Å². The molecule has 4 rings (SSSR count). The average molecular weight is 472 g/mol. The van der Waals surface area contributed by atoms with E-state index in [2.05, 4.69) is 42.5 Å². The lowest BCUT2D eigenvalue weighted by Crippen LogP contribution is -2.38. The monoisotopic (exact) mass is 470 g/mol. The van der Waals surface area contributed by atoms with E-state index in [1.165, 1.54) is 23.3 Å². The van der Waals surface area contributed by atoms with Crippen LogP contribution in [0.25, 0.3) is 0 Å². The molecule has 0 spiro atoms. The lowest BCUT2D eigenvalue weighted by Gasteiger charge is -2.27. The molecule has 0 unspecified atom stereocenters. The van der Waals surface area contributed by atoms with Gasteiger partial charge in [0.1, 0.15) is 16.9 Å². The SMILES string of the molecule is COc1c(Br)cc([C@H]2NC(=O)c3c(sc4c3CCCC4)N2)cc1Br. The van der Waals surface area contributed by atoms with Crippen LogP contribution in [0, 0.1) is 0 Å². The van der Waals surface area contributed by atoms with E-state index in [4.69, 9.17) is 4.74 Å². The number of amides is 1. The van der Waals surface area contributed by atoms with E-state index in [0.717, 1.165) is 43.7 Å². The molecule has 2 aromatic rings. The topological polar surface area (TPSA) is 50.4 Å². The molecule has 0 fully saturated rings. The smallest absolute Gasteiger partial charge is 0.256 e. The number of hydrogen-bond donors (Lipinski definition) is 2. The number of aryl methyl sites for hydroxylation is 1. The average Bonchev–Trinajstić information content (AvgIpc) is 2.93. The van der Waals surface area contributed by atoms with Gasteiger partial charge in [-0.2, -0.15) is 0 Å². The first kappa shape index (κ1) is 16.4. The maximum absolute atomic E-state index is 12.7. The molecule has 4 nitrogen and oxygen atoms in total. The van der Waals surface area contributed by atoms with E-state index in [0.29, 0.717) is 0 Å². The van der Waals surface area contributed by atoms with Crippen molar-refractivity contribution in [3.63, 3.8) is 0 Å². The molecule has 0 saturated heterocycles. The molecule has 0 saturated carbocycles. The van der Waals surface area contributed by atoms with Gasteiger partial charge >= 0.3 is 0 Å². The fraction of sp³-hybridized carbons (Fsp3) is 0.353. The van der Waals surface area contributed by atoms with Gasteiger partial charge in [0.2, 0.25) is 0 Å². The summed E-state index contributed by atoms with van der Waals surface area (Å²) < 4.78 is 7.05. The van der Waals surface area contributed by atoms with Crippen molar-refractivity contribution in [3.05, 3.63) is 42.6 Å². The van der Waals surface area contributed by atoms with Crippen molar-refractivity contribution in [2.75, 3.05) is 12.4 Å². The summed E-state index contributed by atoms with van der Waals surface area (Å²) in [6.07, 6.45) is 4.25. The maximum atomic E-state index is 12.7. The Kier molecular flexibility index (Phi) is 4.34. The zero-order chi connectivity index (χ0) is 16.8. The Labute approximate surface area is 161 Å². The Hall–Kier alpha value is -1.05. The van der Waals surface area contributed by atoms with Gasteiger partial charge in [0.15, 0.2) is 0 Å². The maximum Gasteiger partial charge on any atom is 0.256 e. The number of methoxy groups -OCH3 is 1. The highest BCUT2D eigenvalue weighted by atomic mass is 79.9. The number of halogens is 2. The van der Waals surface area contributed by atoms with Crippen LogP contribution in [0.5, 0.6) is 5.75 Å². The van der Waals surface area contributed by atoms with Crippen molar-refractivity contribution in [2.45, 2.75) is 31.8 Å². The summed E-state index contributed by atoms with van der Waals surface area (Å²) >= 11 is 8.79. The summed E-state index contributed by atoms with van der Waals surface area (Å²) in [7, 11) is 1.63. The summed E-state index contributed by atoms with van der Waals surface area (Å²) in [4.78, 5) is 14.1. The first-order valence-corrected chi connectivity index (χ1v) is 10.2. The second kappa shape index (κ2) is 6.35. The fourth-order valence-electron chi connectivity index (χ4n) is 3.39. The molecule has 1 aliphatic carbocycles. The largest absolute Gasteiger partial charge is 0.494 e. The Morgan fingerprint density at radius 1 is 1.17 bits per heavy atom. The fourth-order valence-corrected chi connectivity index (χ4v) is 6.25. The Morgan fingerprint density at radius 3 is 2.58 bits per heavy atom. The molecule has 1 aliphatic heterocycles. The minimum Gasteiger partial charge on any atom is -0.494 e. The molecule has 7 heteroatoms. The molecule has 2 aliphatic rings. The Bertz CT molecular complexity index is 811. The number of fused-ring (bicyclic) bond motifs is 3. The molecule has 126 valence electrons. The summed E-state index contributed by atoms with van der Waals surface area (Å²) in [5, 5.41) is 7.59. The molecule has 0 radical (unpaired) electrons. The number of ether oxygens (including phenoxy) is 1. The molecule has 1 aromatic carbocycles. The lowest BCUT2D eigenvalue weighted by atomic mass is 9.94. The normalized spacial score (nSPS) is 19.1. The third-order valence-corrected chi connectivity index (χ3v) is 6.91. The summed E-state index contributed by atoms with van der Waals surface area (Å²) in [5.74, 6) is 0.768. The van der Waals surface area contributed by atoms with Gasteiger partial charge in [0.25, 0.3) is 5.91 Å². The summed E-state index contributed by atoms with van der Waals surface area (Å²) in [6, 6.07) is 3.94. The van der Waals surface area contributed by atoms with Gasteiger partial charge < -0.3 is 15.4 Å². The molecule has 1 aromatic heterocycles. The molecular weight excluding hydrogens is 456 g/mol. The van der Waals surface area contributed by atoms with Crippen molar-refractivity contribution < 1.29 is 9.53 Å². The van der Waals surface area contributed by atoms with Crippen molar-refractivity contribution in [2.24, 2.45) is 0 Å². The number of benzene rings is 1. The van der Waals surface area contributed by atoms with E-state index in [9.17, 15) is 4.79 Å². The van der Waals surface area contributed by atoms with Crippen LogP contribution in [0.2, 0.25) is 0 Å². The first-order valence-electron chi connectivity index (χ1n) is 7.83. The summed E-state index contributed by atoms with van der Waals surface area (Å²) in [5.41, 5.74) is 3.08. The number of nitrogens with one attached hydrogen (secondary N) is 2. The van der Waals surface area contributed by atoms with Crippen LogP contribution in [0.15, 0.2) is 21.1 Å². The van der Waals surface area contributed by atoms with E-state index in [-0.39, 0.29) is 12.1 Å². The number of thiophene rings is 1. The minimum atomic E-state index is -0.247. The van der Waals surface area contributed by atoms with Crippen LogP contribution in [-0.2, 0) is 12.8 Å². The molecule has 2 N–H and O–H groups in total. The van der Waals surface area contributed by atoms with Crippen molar-refractivity contribution in [1.29, 1.82) is 0 Å². The second-order valence-corrected chi connectivity index (χ2v) is 8.80. The van der Waals surface area contributed by atoms with Gasteiger partial charge in [-0.15, -0.1) is 11.3 Å². The van der Waals surface area contributed by atoms with Crippen molar-refractivity contribution in [1.82, 2.24) is 5.32 Å². The van der Waals surface area contributed by atoms with Gasteiger partial charge in [-0.1, -0.05) is 0 Å². The summed E-state index contributed by atoms with van der Waals surface area (Å²) in [6.45, 7) is 0. The van der Waals surface area contributed by atoms with Gasteiger partial charge in [0, 0.05) is 4.88 Å². The van der Waals surface area contributed by atoms with Crippen LogP contribution in [0.1, 0.15) is 45.4 Å². The molecule has 1 amide bonds. The number of rotatable bonds is 2. The van der Waals surface area contributed by atoms with Gasteiger partial charge in [-0.05, 0) is 80.8 Å². The van der Waals surface area contributed by atoms with Crippen molar-refractivity contribution in [3.8, 4) is 5.75 Å². The molecular formula is C17H16Br2N2O2S.